The monoisotopic (exact) mass is 246 g/mol. The molecule has 0 aliphatic carbocycles. The van der Waals surface area contributed by atoms with Crippen LogP contribution in [0.5, 0.6) is 0 Å². The van der Waals surface area contributed by atoms with Gasteiger partial charge in [-0.1, -0.05) is 0 Å². The lowest BCUT2D eigenvalue weighted by Gasteiger charge is -2.28. The lowest BCUT2D eigenvalue weighted by Crippen LogP contribution is -2.41. The zero-order valence-corrected chi connectivity index (χ0v) is 11.7. The lowest BCUT2D eigenvalue weighted by molar-refractivity contribution is 0.0169. The minimum absolute atomic E-state index is 0.420. The molecular formula is C12H26N2OS. The second-order valence-corrected chi connectivity index (χ2v) is 5.58. The highest BCUT2D eigenvalue weighted by Gasteiger charge is 2.15. The largest absolute Gasteiger partial charge is 0.376 e. The van der Waals surface area contributed by atoms with Crippen LogP contribution in [0.2, 0.25) is 0 Å². The van der Waals surface area contributed by atoms with Crippen LogP contribution in [0.4, 0.5) is 0 Å². The van der Waals surface area contributed by atoms with Crippen molar-refractivity contribution in [3.63, 3.8) is 0 Å². The maximum absolute atomic E-state index is 5.70. The molecule has 0 radical (unpaired) electrons. The molecule has 1 aliphatic heterocycles. The van der Waals surface area contributed by atoms with E-state index in [1.807, 2.05) is 11.8 Å². The molecule has 0 aromatic heterocycles. The van der Waals surface area contributed by atoms with E-state index < -0.39 is 0 Å². The van der Waals surface area contributed by atoms with E-state index in [1.54, 1.807) is 0 Å². The summed E-state index contributed by atoms with van der Waals surface area (Å²) in [6.07, 6.45) is 5.02. The number of nitrogens with one attached hydrogen (secondary N) is 1. The summed E-state index contributed by atoms with van der Waals surface area (Å²) in [6.45, 7) is 6.36. The van der Waals surface area contributed by atoms with E-state index in [-0.39, 0.29) is 0 Å². The second kappa shape index (κ2) is 8.34. The van der Waals surface area contributed by atoms with Crippen LogP contribution in [-0.2, 0) is 4.74 Å². The molecule has 0 aromatic carbocycles. The third kappa shape index (κ3) is 5.53. The standard InChI is InChI=1S/C12H26N2OS/c1-11(5-9-16-3)14(2)7-4-12-10-13-6-8-15-12/h11-13H,4-10H2,1-3H3. The first-order chi connectivity index (χ1) is 7.74. The zero-order chi connectivity index (χ0) is 11.8. The maximum atomic E-state index is 5.70. The van der Waals surface area contributed by atoms with Crippen molar-refractivity contribution >= 4 is 11.8 Å². The molecule has 1 saturated heterocycles. The topological polar surface area (TPSA) is 24.5 Å². The van der Waals surface area contributed by atoms with E-state index >= 15 is 0 Å². The number of hydrogen-bond donors (Lipinski definition) is 1. The number of ether oxygens (including phenoxy) is 1. The van der Waals surface area contributed by atoms with Crippen LogP contribution in [0, 0.1) is 0 Å². The quantitative estimate of drug-likeness (QED) is 0.735. The molecule has 2 atom stereocenters. The van der Waals surface area contributed by atoms with Gasteiger partial charge in [-0.25, -0.2) is 0 Å². The Kier molecular flexibility index (Phi) is 7.45. The van der Waals surface area contributed by atoms with Gasteiger partial charge in [-0.3, -0.25) is 0 Å². The van der Waals surface area contributed by atoms with Gasteiger partial charge in [0.2, 0.25) is 0 Å². The molecule has 0 spiro atoms. The third-order valence-corrected chi connectivity index (χ3v) is 3.94. The first kappa shape index (κ1) is 14.3. The van der Waals surface area contributed by atoms with E-state index in [0.29, 0.717) is 12.1 Å². The van der Waals surface area contributed by atoms with Crippen molar-refractivity contribution in [2.24, 2.45) is 0 Å². The second-order valence-electron chi connectivity index (χ2n) is 4.60. The summed E-state index contributed by atoms with van der Waals surface area (Å²) >= 11 is 1.93. The molecule has 0 amide bonds. The molecule has 0 bridgehead atoms. The van der Waals surface area contributed by atoms with Gasteiger partial charge in [-0.05, 0) is 38.8 Å². The molecule has 96 valence electrons. The Hall–Kier alpha value is 0.230. The van der Waals surface area contributed by atoms with Crippen LogP contribution >= 0.6 is 11.8 Å². The van der Waals surface area contributed by atoms with E-state index in [0.717, 1.165) is 32.7 Å². The van der Waals surface area contributed by atoms with Crippen molar-refractivity contribution in [2.45, 2.75) is 31.9 Å². The van der Waals surface area contributed by atoms with Crippen molar-refractivity contribution in [3.8, 4) is 0 Å². The number of morpholine rings is 1. The van der Waals surface area contributed by atoms with E-state index in [4.69, 9.17) is 4.74 Å². The average molecular weight is 246 g/mol. The fourth-order valence-electron chi connectivity index (χ4n) is 1.88. The summed E-state index contributed by atoms with van der Waals surface area (Å²) in [5.41, 5.74) is 0. The highest BCUT2D eigenvalue weighted by molar-refractivity contribution is 7.98. The van der Waals surface area contributed by atoms with Gasteiger partial charge in [0.15, 0.2) is 0 Å². The molecule has 1 heterocycles. The van der Waals surface area contributed by atoms with Crippen molar-refractivity contribution in [1.29, 1.82) is 0 Å². The van der Waals surface area contributed by atoms with E-state index in [1.165, 1.54) is 12.2 Å². The minimum Gasteiger partial charge on any atom is -0.376 e. The fourth-order valence-corrected chi connectivity index (χ4v) is 2.46. The Balaban J connectivity index is 2.10. The molecule has 1 N–H and O–H groups in total. The maximum Gasteiger partial charge on any atom is 0.0712 e. The predicted molar refractivity (Wildman–Crippen MR) is 72.3 cm³/mol. The summed E-state index contributed by atoms with van der Waals surface area (Å²) < 4.78 is 5.70. The first-order valence-corrected chi connectivity index (χ1v) is 7.65. The number of nitrogens with zero attached hydrogens (tertiary/aromatic N) is 1. The Morgan fingerprint density at radius 2 is 2.38 bits per heavy atom. The summed E-state index contributed by atoms with van der Waals surface area (Å²) in [5.74, 6) is 1.26. The predicted octanol–water partition coefficient (Wildman–Crippen LogP) is 1.44. The number of rotatable bonds is 7. The van der Waals surface area contributed by atoms with Gasteiger partial charge < -0.3 is 15.0 Å². The first-order valence-electron chi connectivity index (χ1n) is 6.25. The Labute approximate surface area is 104 Å². The molecule has 2 unspecified atom stereocenters. The van der Waals surface area contributed by atoms with Gasteiger partial charge in [0.1, 0.15) is 0 Å². The molecule has 16 heavy (non-hydrogen) atoms. The van der Waals surface area contributed by atoms with Gasteiger partial charge in [0, 0.05) is 25.7 Å². The van der Waals surface area contributed by atoms with Crippen LogP contribution in [0.3, 0.4) is 0 Å². The van der Waals surface area contributed by atoms with E-state index in [2.05, 4.69) is 30.4 Å². The van der Waals surface area contributed by atoms with Gasteiger partial charge >= 0.3 is 0 Å². The normalized spacial score (nSPS) is 23.6. The zero-order valence-electron chi connectivity index (χ0n) is 10.9. The van der Waals surface area contributed by atoms with Crippen molar-refractivity contribution in [1.82, 2.24) is 10.2 Å². The summed E-state index contributed by atoms with van der Waals surface area (Å²) in [5, 5.41) is 3.38. The summed E-state index contributed by atoms with van der Waals surface area (Å²) in [6, 6.07) is 0.684. The Morgan fingerprint density at radius 3 is 3.00 bits per heavy atom. The van der Waals surface area contributed by atoms with Crippen molar-refractivity contribution in [3.05, 3.63) is 0 Å². The number of thioether (sulfide) groups is 1. The molecule has 1 fully saturated rings. The molecule has 4 heteroatoms. The SMILES string of the molecule is CSCCC(C)N(C)CCC1CNCCO1. The molecule has 0 aromatic rings. The molecule has 0 saturated carbocycles. The van der Waals surface area contributed by atoms with Crippen molar-refractivity contribution < 1.29 is 4.74 Å². The molecular weight excluding hydrogens is 220 g/mol. The number of hydrogen-bond acceptors (Lipinski definition) is 4. The van der Waals surface area contributed by atoms with Crippen LogP contribution in [0.25, 0.3) is 0 Å². The minimum atomic E-state index is 0.420. The highest BCUT2D eigenvalue weighted by Crippen LogP contribution is 2.08. The van der Waals surface area contributed by atoms with Gasteiger partial charge in [-0.2, -0.15) is 11.8 Å². The smallest absolute Gasteiger partial charge is 0.0712 e. The summed E-state index contributed by atoms with van der Waals surface area (Å²) in [4.78, 5) is 2.45. The van der Waals surface area contributed by atoms with Crippen LogP contribution in [0.15, 0.2) is 0 Å². The average Bonchev–Trinajstić information content (AvgIpc) is 2.34. The summed E-state index contributed by atoms with van der Waals surface area (Å²) in [7, 11) is 2.22. The lowest BCUT2D eigenvalue weighted by atomic mass is 10.2. The van der Waals surface area contributed by atoms with Crippen LogP contribution in [0.1, 0.15) is 19.8 Å². The van der Waals surface area contributed by atoms with Crippen LogP contribution < -0.4 is 5.32 Å². The van der Waals surface area contributed by atoms with Crippen LogP contribution in [-0.4, -0.2) is 62.3 Å². The fraction of sp³-hybridized carbons (Fsp3) is 1.00. The van der Waals surface area contributed by atoms with Gasteiger partial charge in [0.25, 0.3) is 0 Å². The highest BCUT2D eigenvalue weighted by atomic mass is 32.2. The van der Waals surface area contributed by atoms with Gasteiger partial charge in [-0.15, -0.1) is 0 Å². The van der Waals surface area contributed by atoms with Crippen molar-refractivity contribution in [2.75, 3.05) is 45.3 Å². The third-order valence-electron chi connectivity index (χ3n) is 3.30. The molecule has 3 nitrogen and oxygen atoms in total. The Morgan fingerprint density at radius 1 is 1.56 bits per heavy atom. The molecule has 1 aliphatic rings. The molecule has 1 rings (SSSR count). The van der Waals surface area contributed by atoms with E-state index in [9.17, 15) is 0 Å². The van der Waals surface area contributed by atoms with Gasteiger partial charge in [0.05, 0.1) is 12.7 Å². The Bertz CT molecular complexity index is 174.